The maximum absolute atomic E-state index is 5.83. The van der Waals surface area contributed by atoms with E-state index in [1.807, 2.05) is 7.05 Å². The van der Waals surface area contributed by atoms with Crippen LogP contribution in [0.4, 0.5) is 0 Å². The maximum atomic E-state index is 5.83. The Morgan fingerprint density at radius 1 is 1.42 bits per heavy atom. The van der Waals surface area contributed by atoms with Gasteiger partial charge in [0.1, 0.15) is 0 Å². The van der Waals surface area contributed by atoms with Crippen molar-refractivity contribution in [2.45, 2.75) is 45.1 Å². The van der Waals surface area contributed by atoms with E-state index in [2.05, 4.69) is 25.7 Å². The lowest BCUT2D eigenvalue weighted by molar-refractivity contribution is -0.0534. The van der Waals surface area contributed by atoms with Crippen LogP contribution in [0.15, 0.2) is 0 Å². The highest BCUT2D eigenvalue weighted by molar-refractivity contribution is 4.81. The molecule has 2 N–H and O–H groups in total. The van der Waals surface area contributed by atoms with Crippen LogP contribution in [-0.2, 0) is 4.74 Å². The molecule has 3 heteroatoms. The summed E-state index contributed by atoms with van der Waals surface area (Å²) < 4.78 is 5.82. The van der Waals surface area contributed by atoms with Crippen molar-refractivity contribution in [3.63, 3.8) is 0 Å². The minimum Gasteiger partial charge on any atom is -0.371 e. The molecule has 2 unspecified atom stereocenters. The van der Waals surface area contributed by atoms with Crippen LogP contribution in [0.2, 0.25) is 0 Å². The largest absolute Gasteiger partial charge is 0.371 e. The fraction of sp³-hybridized carbons (Fsp3) is 1.00. The molecule has 0 aromatic heterocycles. The van der Waals surface area contributed by atoms with Gasteiger partial charge in [0.05, 0.1) is 17.9 Å². The molecule has 0 spiro atoms. The van der Waals surface area contributed by atoms with Crippen LogP contribution in [0.5, 0.6) is 0 Å². The number of hydrogen-bond acceptors (Lipinski definition) is 3. The first-order chi connectivity index (χ1) is 5.38. The van der Waals surface area contributed by atoms with Crippen molar-refractivity contribution in [1.29, 1.82) is 0 Å². The number of likely N-dealkylation sites (N-methyl/N-ethyl adjacent to an activating group) is 1. The molecule has 1 heterocycles. The minimum atomic E-state index is -0.0461. The number of rotatable bonds is 1. The van der Waals surface area contributed by atoms with E-state index in [0.29, 0.717) is 6.10 Å². The van der Waals surface area contributed by atoms with Gasteiger partial charge in [-0.3, -0.25) is 4.90 Å². The van der Waals surface area contributed by atoms with Gasteiger partial charge in [-0.15, -0.1) is 0 Å². The van der Waals surface area contributed by atoms with Gasteiger partial charge >= 0.3 is 0 Å². The van der Waals surface area contributed by atoms with Gasteiger partial charge in [0.2, 0.25) is 0 Å². The Kier molecular flexibility index (Phi) is 2.76. The number of nitrogens with two attached hydrogens (primary N) is 1. The Balaban J connectivity index is 2.38. The zero-order chi connectivity index (χ0) is 9.35. The second-order valence-corrected chi connectivity index (χ2v) is 4.59. The van der Waals surface area contributed by atoms with Crippen LogP contribution in [0, 0.1) is 0 Å². The highest BCUT2D eigenvalue weighted by Crippen LogP contribution is 2.20. The lowest BCUT2D eigenvalue weighted by Gasteiger charge is -2.24. The molecule has 0 radical (unpaired) electrons. The van der Waals surface area contributed by atoms with Crippen molar-refractivity contribution in [3.05, 3.63) is 0 Å². The van der Waals surface area contributed by atoms with E-state index in [0.717, 1.165) is 13.0 Å². The quantitative estimate of drug-likeness (QED) is 0.635. The second-order valence-electron chi connectivity index (χ2n) is 4.59. The van der Waals surface area contributed by atoms with Gasteiger partial charge in [-0.1, -0.05) is 0 Å². The molecule has 3 nitrogen and oxygen atoms in total. The lowest BCUT2D eigenvalue weighted by Crippen LogP contribution is -2.32. The summed E-state index contributed by atoms with van der Waals surface area (Å²) >= 11 is 0. The van der Waals surface area contributed by atoms with Crippen molar-refractivity contribution in [2.24, 2.45) is 5.73 Å². The summed E-state index contributed by atoms with van der Waals surface area (Å²) in [5, 5.41) is 0. The van der Waals surface area contributed by atoms with E-state index >= 15 is 0 Å². The standard InChI is InChI=1S/C9H20N2O/c1-9(2,3)12-7-5-8(10)11(4)6-7/h7-8H,5-6,10H2,1-4H3. The van der Waals surface area contributed by atoms with Crippen LogP contribution in [0.1, 0.15) is 27.2 Å². The Hall–Kier alpha value is -0.120. The molecule has 72 valence electrons. The van der Waals surface area contributed by atoms with Crippen LogP contribution < -0.4 is 5.73 Å². The molecular formula is C9H20N2O. The molecule has 1 aliphatic rings. The van der Waals surface area contributed by atoms with E-state index < -0.39 is 0 Å². The van der Waals surface area contributed by atoms with Gasteiger partial charge in [-0.05, 0) is 27.8 Å². The summed E-state index contributed by atoms with van der Waals surface area (Å²) in [4.78, 5) is 2.14. The van der Waals surface area contributed by atoms with Crippen molar-refractivity contribution in [2.75, 3.05) is 13.6 Å². The molecule has 1 aliphatic heterocycles. The molecule has 1 fully saturated rings. The first-order valence-electron chi connectivity index (χ1n) is 4.52. The number of nitrogens with zero attached hydrogens (tertiary/aromatic N) is 1. The SMILES string of the molecule is CN1CC(OC(C)(C)C)CC1N. The van der Waals surface area contributed by atoms with Crippen LogP contribution in [0.3, 0.4) is 0 Å². The molecule has 0 amide bonds. The first kappa shape index (κ1) is 9.96. The van der Waals surface area contributed by atoms with E-state index in [1.165, 1.54) is 0 Å². The summed E-state index contributed by atoms with van der Waals surface area (Å²) in [7, 11) is 2.04. The molecule has 12 heavy (non-hydrogen) atoms. The van der Waals surface area contributed by atoms with E-state index in [1.54, 1.807) is 0 Å². The van der Waals surface area contributed by atoms with E-state index in [-0.39, 0.29) is 11.8 Å². The fourth-order valence-corrected chi connectivity index (χ4v) is 1.57. The van der Waals surface area contributed by atoms with Gasteiger partial charge in [0.15, 0.2) is 0 Å². The van der Waals surface area contributed by atoms with Crippen LogP contribution in [0.25, 0.3) is 0 Å². The summed E-state index contributed by atoms with van der Waals surface area (Å²) in [6.45, 7) is 7.20. The topological polar surface area (TPSA) is 38.5 Å². The summed E-state index contributed by atoms with van der Waals surface area (Å²) in [5.41, 5.74) is 5.79. The van der Waals surface area contributed by atoms with Gasteiger partial charge < -0.3 is 10.5 Å². The maximum Gasteiger partial charge on any atom is 0.0737 e. The molecule has 0 saturated carbocycles. The summed E-state index contributed by atoms with van der Waals surface area (Å²) in [6.07, 6.45) is 1.44. The van der Waals surface area contributed by atoms with Gasteiger partial charge in [0.25, 0.3) is 0 Å². The predicted molar refractivity (Wildman–Crippen MR) is 49.8 cm³/mol. The highest BCUT2D eigenvalue weighted by atomic mass is 16.5. The average Bonchev–Trinajstić information content (AvgIpc) is 2.07. The summed E-state index contributed by atoms with van der Waals surface area (Å²) in [5.74, 6) is 0. The third-order valence-electron chi connectivity index (χ3n) is 2.08. The molecule has 0 aliphatic carbocycles. The zero-order valence-corrected chi connectivity index (χ0v) is 8.50. The van der Waals surface area contributed by atoms with Crippen molar-refractivity contribution < 1.29 is 4.74 Å². The van der Waals surface area contributed by atoms with E-state index in [9.17, 15) is 0 Å². The Bertz CT molecular complexity index is 143. The summed E-state index contributed by atoms with van der Waals surface area (Å²) in [6, 6.07) is 0. The lowest BCUT2D eigenvalue weighted by atomic mass is 10.1. The molecule has 0 aromatic rings. The zero-order valence-electron chi connectivity index (χ0n) is 8.50. The third-order valence-corrected chi connectivity index (χ3v) is 2.08. The Labute approximate surface area is 74.9 Å². The Morgan fingerprint density at radius 2 is 2.00 bits per heavy atom. The average molecular weight is 172 g/mol. The van der Waals surface area contributed by atoms with Crippen LogP contribution >= 0.6 is 0 Å². The van der Waals surface area contributed by atoms with Crippen molar-refractivity contribution in [1.82, 2.24) is 4.90 Å². The van der Waals surface area contributed by atoms with Crippen LogP contribution in [-0.4, -0.2) is 36.4 Å². The molecule has 1 saturated heterocycles. The third kappa shape index (κ3) is 2.73. The number of likely N-dealkylation sites (tertiary alicyclic amines) is 1. The molecule has 2 atom stereocenters. The number of hydrogen-bond donors (Lipinski definition) is 1. The monoisotopic (exact) mass is 172 g/mol. The normalized spacial score (nSPS) is 32.8. The van der Waals surface area contributed by atoms with E-state index in [4.69, 9.17) is 10.5 Å². The van der Waals surface area contributed by atoms with Gasteiger partial charge in [0, 0.05) is 13.0 Å². The van der Waals surface area contributed by atoms with Crippen molar-refractivity contribution in [3.8, 4) is 0 Å². The first-order valence-corrected chi connectivity index (χ1v) is 4.52. The van der Waals surface area contributed by atoms with Gasteiger partial charge in [-0.2, -0.15) is 0 Å². The predicted octanol–water partition coefficient (Wildman–Crippen LogP) is 0.790. The molecule has 0 bridgehead atoms. The second kappa shape index (κ2) is 3.32. The molecule has 0 aromatic carbocycles. The molecule has 1 rings (SSSR count). The smallest absolute Gasteiger partial charge is 0.0737 e. The number of ether oxygens (including phenoxy) is 1. The Morgan fingerprint density at radius 3 is 2.33 bits per heavy atom. The van der Waals surface area contributed by atoms with Crippen molar-refractivity contribution >= 4 is 0 Å². The fourth-order valence-electron chi connectivity index (χ4n) is 1.57. The molecular weight excluding hydrogens is 152 g/mol. The minimum absolute atomic E-state index is 0.0461. The highest BCUT2D eigenvalue weighted by Gasteiger charge is 2.30. The van der Waals surface area contributed by atoms with Gasteiger partial charge in [-0.25, -0.2) is 0 Å².